The van der Waals surface area contributed by atoms with Gasteiger partial charge in [-0.2, -0.15) is 0 Å². The lowest BCUT2D eigenvalue weighted by Gasteiger charge is -2.16. The summed E-state index contributed by atoms with van der Waals surface area (Å²) in [5, 5.41) is 12.6. The zero-order valence-corrected chi connectivity index (χ0v) is 10.1. The van der Waals surface area contributed by atoms with Crippen LogP contribution >= 0.6 is 15.9 Å². The summed E-state index contributed by atoms with van der Waals surface area (Å²) in [7, 11) is 0. The van der Waals surface area contributed by atoms with E-state index in [9.17, 15) is 5.11 Å². The second-order valence-corrected chi connectivity index (χ2v) is 4.36. The molecule has 0 spiro atoms. The summed E-state index contributed by atoms with van der Waals surface area (Å²) in [6.07, 6.45) is -0.322. The van der Waals surface area contributed by atoms with Gasteiger partial charge in [-0.3, -0.25) is 0 Å². The minimum atomic E-state index is -0.322. The minimum Gasteiger partial charge on any atom is -0.392 e. The Morgan fingerprint density at radius 2 is 2.00 bits per heavy atom. The predicted molar refractivity (Wildman–Crippen MR) is 62.1 cm³/mol. The topological polar surface area (TPSA) is 32.3 Å². The van der Waals surface area contributed by atoms with Crippen molar-refractivity contribution in [2.45, 2.75) is 32.5 Å². The van der Waals surface area contributed by atoms with E-state index >= 15 is 0 Å². The van der Waals surface area contributed by atoms with E-state index in [1.807, 2.05) is 25.1 Å². The summed E-state index contributed by atoms with van der Waals surface area (Å²) < 4.78 is 1.10. The first-order valence-electron chi connectivity index (χ1n) is 4.76. The van der Waals surface area contributed by atoms with Crippen LogP contribution in [-0.2, 0) is 6.54 Å². The number of hydrogen-bond donors (Lipinski definition) is 2. The fourth-order valence-electron chi connectivity index (χ4n) is 1.08. The third-order valence-electron chi connectivity index (χ3n) is 2.30. The van der Waals surface area contributed by atoms with Gasteiger partial charge in [0.1, 0.15) is 0 Å². The Morgan fingerprint density at radius 1 is 1.36 bits per heavy atom. The van der Waals surface area contributed by atoms with Crippen molar-refractivity contribution < 1.29 is 5.11 Å². The van der Waals surface area contributed by atoms with Crippen molar-refractivity contribution in [1.82, 2.24) is 5.32 Å². The van der Waals surface area contributed by atoms with Crippen LogP contribution in [0.25, 0.3) is 0 Å². The van der Waals surface area contributed by atoms with Crippen molar-refractivity contribution in [3.05, 3.63) is 34.3 Å². The number of rotatable bonds is 4. The largest absolute Gasteiger partial charge is 0.392 e. The molecule has 0 saturated carbocycles. The molecule has 78 valence electrons. The smallest absolute Gasteiger partial charge is 0.0662 e. The number of aliphatic hydroxyl groups excluding tert-OH is 1. The highest BCUT2D eigenvalue weighted by Gasteiger charge is 2.07. The molecule has 1 aromatic carbocycles. The summed E-state index contributed by atoms with van der Waals surface area (Å²) in [6, 6.07) is 8.19. The molecule has 14 heavy (non-hydrogen) atoms. The molecule has 0 aliphatic heterocycles. The van der Waals surface area contributed by atoms with Gasteiger partial charge in [-0.25, -0.2) is 0 Å². The molecule has 2 nitrogen and oxygen atoms in total. The molecule has 1 aromatic rings. The molecule has 2 atom stereocenters. The van der Waals surface area contributed by atoms with Crippen LogP contribution in [0.15, 0.2) is 28.7 Å². The number of hydrogen-bond acceptors (Lipinski definition) is 2. The molecule has 0 aliphatic rings. The van der Waals surface area contributed by atoms with Crippen molar-refractivity contribution in [2.75, 3.05) is 0 Å². The Labute approximate surface area is 93.5 Å². The summed E-state index contributed by atoms with van der Waals surface area (Å²) in [4.78, 5) is 0. The lowest BCUT2D eigenvalue weighted by atomic mass is 10.2. The van der Waals surface area contributed by atoms with Crippen molar-refractivity contribution in [2.24, 2.45) is 0 Å². The fourth-order valence-corrected chi connectivity index (χ4v) is 1.51. The van der Waals surface area contributed by atoms with Crippen molar-refractivity contribution in [3.8, 4) is 0 Å². The monoisotopic (exact) mass is 257 g/mol. The number of aliphatic hydroxyl groups is 1. The molecule has 0 amide bonds. The molecular weight excluding hydrogens is 242 g/mol. The van der Waals surface area contributed by atoms with Gasteiger partial charge in [0.2, 0.25) is 0 Å². The van der Waals surface area contributed by atoms with Gasteiger partial charge in [-0.1, -0.05) is 34.1 Å². The summed E-state index contributed by atoms with van der Waals surface area (Å²) in [5.74, 6) is 0. The third-order valence-corrected chi connectivity index (χ3v) is 3.07. The van der Waals surface area contributed by atoms with Gasteiger partial charge in [0.25, 0.3) is 0 Å². The molecule has 0 saturated heterocycles. The predicted octanol–water partition coefficient (Wildman–Crippen LogP) is 2.31. The minimum absolute atomic E-state index is 0.113. The van der Waals surface area contributed by atoms with Gasteiger partial charge in [-0.05, 0) is 25.5 Å². The highest BCUT2D eigenvalue weighted by molar-refractivity contribution is 9.10. The molecule has 2 unspecified atom stereocenters. The van der Waals surface area contributed by atoms with E-state index in [4.69, 9.17) is 0 Å². The zero-order chi connectivity index (χ0) is 10.6. The third kappa shape index (κ3) is 3.40. The molecule has 2 N–H and O–H groups in total. The number of halogens is 1. The average Bonchev–Trinajstić information content (AvgIpc) is 2.16. The Bertz CT molecular complexity index is 288. The molecule has 3 heteroatoms. The molecule has 0 heterocycles. The average molecular weight is 258 g/mol. The van der Waals surface area contributed by atoms with Gasteiger partial charge < -0.3 is 10.4 Å². The Kier molecular flexibility index (Phi) is 4.58. The van der Waals surface area contributed by atoms with E-state index in [1.165, 1.54) is 5.56 Å². The van der Waals surface area contributed by atoms with Crippen LogP contribution in [0.2, 0.25) is 0 Å². The Morgan fingerprint density at radius 3 is 2.57 bits per heavy atom. The molecule has 0 bridgehead atoms. The van der Waals surface area contributed by atoms with Crippen LogP contribution in [0.1, 0.15) is 19.4 Å². The van der Waals surface area contributed by atoms with Crippen molar-refractivity contribution >= 4 is 15.9 Å². The van der Waals surface area contributed by atoms with E-state index in [0.717, 1.165) is 11.0 Å². The Balaban J connectivity index is 2.50. The van der Waals surface area contributed by atoms with Crippen LogP contribution in [0.5, 0.6) is 0 Å². The van der Waals surface area contributed by atoms with Crippen molar-refractivity contribution in [1.29, 1.82) is 0 Å². The Hall–Kier alpha value is -0.380. The molecule has 0 aromatic heterocycles. The van der Waals surface area contributed by atoms with E-state index in [2.05, 4.69) is 27.3 Å². The van der Waals surface area contributed by atoms with E-state index in [1.54, 1.807) is 6.92 Å². The first-order chi connectivity index (χ1) is 6.61. The quantitative estimate of drug-likeness (QED) is 0.868. The fraction of sp³-hybridized carbons (Fsp3) is 0.455. The second-order valence-electron chi connectivity index (χ2n) is 3.50. The number of nitrogens with one attached hydrogen (secondary N) is 1. The SMILES string of the molecule is CC(O)C(C)NCc1ccccc1Br. The van der Waals surface area contributed by atoms with Crippen molar-refractivity contribution in [3.63, 3.8) is 0 Å². The standard InChI is InChI=1S/C11H16BrNO/c1-8(9(2)14)13-7-10-5-3-4-6-11(10)12/h3-6,8-9,13-14H,7H2,1-2H3. The lowest BCUT2D eigenvalue weighted by molar-refractivity contribution is 0.152. The lowest BCUT2D eigenvalue weighted by Crippen LogP contribution is -2.34. The van der Waals surface area contributed by atoms with Crippen LogP contribution in [0.3, 0.4) is 0 Å². The maximum Gasteiger partial charge on any atom is 0.0662 e. The van der Waals surface area contributed by atoms with Crippen LogP contribution in [0.4, 0.5) is 0 Å². The highest BCUT2D eigenvalue weighted by atomic mass is 79.9. The molecule has 0 fully saturated rings. The zero-order valence-electron chi connectivity index (χ0n) is 8.50. The highest BCUT2D eigenvalue weighted by Crippen LogP contribution is 2.15. The molecular formula is C11H16BrNO. The van der Waals surface area contributed by atoms with E-state index < -0.39 is 0 Å². The maximum atomic E-state index is 9.29. The van der Waals surface area contributed by atoms with Gasteiger partial charge >= 0.3 is 0 Å². The van der Waals surface area contributed by atoms with Crippen LogP contribution in [0, 0.1) is 0 Å². The van der Waals surface area contributed by atoms with E-state index in [-0.39, 0.29) is 12.1 Å². The van der Waals surface area contributed by atoms with Gasteiger partial charge in [0.15, 0.2) is 0 Å². The van der Waals surface area contributed by atoms with Gasteiger partial charge in [-0.15, -0.1) is 0 Å². The normalized spacial score (nSPS) is 15.1. The summed E-state index contributed by atoms with van der Waals surface area (Å²) in [6.45, 7) is 4.53. The summed E-state index contributed by atoms with van der Waals surface area (Å²) >= 11 is 3.48. The van der Waals surface area contributed by atoms with E-state index in [0.29, 0.717) is 0 Å². The maximum absolute atomic E-state index is 9.29. The van der Waals surface area contributed by atoms with Crippen LogP contribution in [-0.4, -0.2) is 17.3 Å². The molecule has 0 radical (unpaired) electrons. The summed E-state index contributed by atoms with van der Waals surface area (Å²) in [5.41, 5.74) is 1.21. The second kappa shape index (κ2) is 5.49. The molecule has 1 rings (SSSR count). The molecule has 0 aliphatic carbocycles. The van der Waals surface area contributed by atoms with Crippen LogP contribution < -0.4 is 5.32 Å². The number of benzene rings is 1. The van der Waals surface area contributed by atoms with Gasteiger partial charge in [0.05, 0.1) is 6.10 Å². The first kappa shape index (κ1) is 11.7. The van der Waals surface area contributed by atoms with Gasteiger partial charge in [0, 0.05) is 17.1 Å². The first-order valence-corrected chi connectivity index (χ1v) is 5.55.